The quantitative estimate of drug-likeness (QED) is 0.364. The van der Waals surface area contributed by atoms with Gasteiger partial charge in [-0.1, -0.05) is 15.9 Å². The molecule has 0 bridgehead atoms. The van der Waals surface area contributed by atoms with E-state index in [-0.39, 0.29) is 0 Å². The normalized spacial score (nSPS) is 10.1. The minimum Gasteiger partial charge on any atom is -0.312 e. The van der Waals surface area contributed by atoms with Crippen LogP contribution in [0.5, 0.6) is 0 Å². The highest BCUT2D eigenvalue weighted by molar-refractivity contribution is 9.10. The van der Waals surface area contributed by atoms with Crippen molar-refractivity contribution in [3.05, 3.63) is 28.7 Å². The van der Waals surface area contributed by atoms with E-state index in [9.17, 15) is 0 Å². The summed E-state index contributed by atoms with van der Waals surface area (Å²) in [6.45, 7) is 0. The monoisotopic (exact) mass is 362 g/mol. The summed E-state index contributed by atoms with van der Waals surface area (Å²) in [7, 11) is -4.67. The number of hydrazine groups is 1. The van der Waals surface area contributed by atoms with E-state index >= 15 is 0 Å². The third kappa shape index (κ3) is 11.7. The Labute approximate surface area is 104 Å². The first kappa shape index (κ1) is 14.8. The molecule has 0 aliphatic rings. The fourth-order valence-electron chi connectivity index (χ4n) is 0.588. The fraction of sp³-hybridized carbons (Fsp3) is 0. The van der Waals surface area contributed by atoms with E-state index in [0.29, 0.717) is 0 Å². The van der Waals surface area contributed by atoms with E-state index in [4.69, 9.17) is 17.5 Å². The molecule has 0 aliphatic carbocycles. The van der Waals surface area contributed by atoms with Gasteiger partial charge in [0.1, 0.15) is 0 Å². The summed E-state index contributed by atoms with van der Waals surface area (Å²) in [5, 5.41) is 0. The molecule has 0 amide bonds. The van der Waals surface area contributed by atoms with Crippen molar-refractivity contribution in [3.63, 3.8) is 0 Å². The standard InChI is InChI=1S/C6H6Br2N2.H2O4S/c7-5-1-3-6(4-2-5)9-10-8;1-5(2,3)4/h1-4,9-10H;(H2,1,2,3,4). The Kier molecular flexibility index (Phi) is 7.05. The van der Waals surface area contributed by atoms with Crippen LogP contribution in [0, 0.1) is 0 Å². The highest BCUT2D eigenvalue weighted by Gasteiger charge is 1.87. The van der Waals surface area contributed by atoms with Crippen molar-refractivity contribution in [1.29, 1.82) is 0 Å². The van der Waals surface area contributed by atoms with E-state index in [1.807, 2.05) is 24.3 Å². The highest BCUT2D eigenvalue weighted by Crippen LogP contribution is 2.13. The number of hydrogen-bond acceptors (Lipinski definition) is 4. The summed E-state index contributed by atoms with van der Waals surface area (Å²) in [5.74, 6) is 0. The Morgan fingerprint density at radius 2 is 1.53 bits per heavy atom. The molecule has 0 aromatic heterocycles. The number of rotatable bonds is 2. The molecule has 15 heavy (non-hydrogen) atoms. The van der Waals surface area contributed by atoms with Crippen LogP contribution < -0.4 is 9.88 Å². The first-order valence-electron chi connectivity index (χ1n) is 3.40. The van der Waals surface area contributed by atoms with Crippen LogP contribution in [0.3, 0.4) is 0 Å². The number of halogens is 2. The number of hydrogen-bond donors (Lipinski definition) is 4. The van der Waals surface area contributed by atoms with Crippen LogP contribution in [0.25, 0.3) is 0 Å². The summed E-state index contributed by atoms with van der Waals surface area (Å²) in [6.07, 6.45) is 0. The molecule has 9 heteroatoms. The first-order chi connectivity index (χ1) is 6.83. The van der Waals surface area contributed by atoms with Gasteiger partial charge in [-0.05, 0) is 24.3 Å². The molecule has 4 N–H and O–H groups in total. The van der Waals surface area contributed by atoms with E-state index in [1.54, 1.807) is 0 Å². The lowest BCUT2D eigenvalue weighted by molar-refractivity contribution is 0.381. The van der Waals surface area contributed by atoms with E-state index < -0.39 is 10.4 Å². The van der Waals surface area contributed by atoms with Gasteiger partial charge in [-0.25, -0.2) is 0 Å². The molecular weight excluding hydrogens is 356 g/mol. The van der Waals surface area contributed by atoms with Gasteiger partial charge >= 0.3 is 10.4 Å². The lowest BCUT2D eigenvalue weighted by atomic mass is 10.3. The van der Waals surface area contributed by atoms with Crippen molar-refractivity contribution < 1.29 is 17.5 Å². The molecular formula is C6H8Br2N2O4S. The zero-order valence-corrected chi connectivity index (χ0v) is 11.2. The first-order valence-corrected chi connectivity index (χ1v) is 6.38. The third-order valence-corrected chi connectivity index (χ3v) is 1.76. The topological polar surface area (TPSA) is 98.7 Å². The minimum absolute atomic E-state index is 1.01. The molecule has 1 rings (SSSR count). The van der Waals surface area contributed by atoms with Gasteiger partial charge in [0, 0.05) is 26.3 Å². The van der Waals surface area contributed by atoms with Crippen LogP contribution in [0.4, 0.5) is 5.69 Å². The summed E-state index contributed by atoms with van der Waals surface area (Å²) in [4.78, 5) is 0. The lowest BCUT2D eigenvalue weighted by Crippen LogP contribution is -2.07. The van der Waals surface area contributed by atoms with Crippen molar-refractivity contribution in [1.82, 2.24) is 4.45 Å². The van der Waals surface area contributed by atoms with Crippen molar-refractivity contribution in [2.75, 3.05) is 5.43 Å². The Hall–Kier alpha value is -0.190. The van der Waals surface area contributed by atoms with Crippen molar-refractivity contribution in [2.24, 2.45) is 0 Å². The molecule has 1 aromatic rings. The van der Waals surface area contributed by atoms with Crippen LogP contribution in [-0.4, -0.2) is 17.5 Å². The zero-order valence-electron chi connectivity index (χ0n) is 7.18. The van der Waals surface area contributed by atoms with E-state index in [2.05, 4.69) is 42.0 Å². The lowest BCUT2D eigenvalue weighted by Gasteiger charge is -2.00. The second-order valence-electron chi connectivity index (χ2n) is 2.17. The maximum atomic E-state index is 8.74. The fourth-order valence-corrected chi connectivity index (χ4v) is 1.08. The molecule has 0 unspecified atom stereocenters. The summed E-state index contributed by atoms with van der Waals surface area (Å²) in [5.41, 5.74) is 3.89. The molecule has 0 saturated carbocycles. The summed E-state index contributed by atoms with van der Waals surface area (Å²) >= 11 is 6.37. The number of anilines is 1. The third-order valence-electron chi connectivity index (χ3n) is 1.04. The van der Waals surface area contributed by atoms with Crippen molar-refractivity contribution >= 4 is 48.2 Å². The molecule has 86 valence electrons. The van der Waals surface area contributed by atoms with Crippen LogP contribution in [0.2, 0.25) is 0 Å². The Morgan fingerprint density at radius 3 is 1.87 bits per heavy atom. The van der Waals surface area contributed by atoms with E-state index in [0.717, 1.165) is 10.2 Å². The van der Waals surface area contributed by atoms with Gasteiger partial charge in [0.25, 0.3) is 0 Å². The molecule has 0 aliphatic heterocycles. The van der Waals surface area contributed by atoms with Gasteiger partial charge in [0.2, 0.25) is 0 Å². The van der Waals surface area contributed by atoms with Crippen LogP contribution >= 0.6 is 32.1 Å². The van der Waals surface area contributed by atoms with Crippen molar-refractivity contribution in [2.45, 2.75) is 0 Å². The Balaban J connectivity index is 0.000000336. The van der Waals surface area contributed by atoms with Gasteiger partial charge in [-0.2, -0.15) is 12.9 Å². The number of benzene rings is 1. The summed E-state index contributed by atoms with van der Waals surface area (Å²) < 4.78 is 35.3. The smallest absolute Gasteiger partial charge is 0.312 e. The zero-order chi connectivity index (χ0) is 11.9. The molecule has 0 saturated heterocycles. The highest BCUT2D eigenvalue weighted by atomic mass is 79.9. The molecule has 0 heterocycles. The molecule has 6 nitrogen and oxygen atoms in total. The van der Waals surface area contributed by atoms with Crippen LogP contribution in [0.15, 0.2) is 28.7 Å². The summed E-state index contributed by atoms with van der Waals surface area (Å²) in [6, 6.07) is 7.84. The van der Waals surface area contributed by atoms with Gasteiger partial charge in [-0.3, -0.25) is 9.11 Å². The van der Waals surface area contributed by atoms with Gasteiger partial charge in [0.15, 0.2) is 0 Å². The average Bonchev–Trinajstić information content (AvgIpc) is 2.06. The van der Waals surface area contributed by atoms with Gasteiger partial charge in [0.05, 0.1) is 0 Å². The molecule has 0 fully saturated rings. The van der Waals surface area contributed by atoms with Crippen LogP contribution in [-0.2, 0) is 10.4 Å². The van der Waals surface area contributed by atoms with Crippen LogP contribution in [0.1, 0.15) is 0 Å². The Morgan fingerprint density at radius 1 is 1.13 bits per heavy atom. The average molecular weight is 364 g/mol. The molecule has 0 radical (unpaired) electrons. The van der Waals surface area contributed by atoms with Crippen molar-refractivity contribution in [3.8, 4) is 0 Å². The molecule has 1 aromatic carbocycles. The molecule has 0 atom stereocenters. The second-order valence-corrected chi connectivity index (χ2v) is 4.38. The SMILES string of the molecule is BrNNc1ccc(Br)cc1.O=S(=O)(O)O. The largest absolute Gasteiger partial charge is 0.394 e. The second kappa shape index (κ2) is 7.14. The molecule has 0 spiro atoms. The predicted octanol–water partition coefficient (Wildman–Crippen LogP) is 2.02. The predicted molar refractivity (Wildman–Crippen MR) is 64.0 cm³/mol. The van der Waals surface area contributed by atoms with E-state index in [1.165, 1.54) is 0 Å². The minimum atomic E-state index is -4.67. The van der Waals surface area contributed by atoms with Gasteiger partial charge < -0.3 is 5.43 Å². The van der Waals surface area contributed by atoms with Gasteiger partial charge in [-0.15, -0.1) is 0 Å². The Bertz CT molecular complexity index is 373. The number of nitrogens with one attached hydrogen (secondary N) is 2. The maximum absolute atomic E-state index is 8.74. The maximum Gasteiger partial charge on any atom is 0.394 e.